The van der Waals surface area contributed by atoms with Crippen LogP contribution in [0.3, 0.4) is 0 Å². The molecule has 2 aliphatic rings. The maximum absolute atomic E-state index is 12.8. The lowest BCUT2D eigenvalue weighted by Crippen LogP contribution is -2.19. The quantitative estimate of drug-likeness (QED) is 0.600. The summed E-state index contributed by atoms with van der Waals surface area (Å²) in [5.74, 6) is 1.36. The van der Waals surface area contributed by atoms with Crippen molar-refractivity contribution in [2.24, 2.45) is 11.3 Å². The van der Waals surface area contributed by atoms with E-state index in [1.807, 2.05) is 24.4 Å². The first-order valence-corrected chi connectivity index (χ1v) is 10.2. The summed E-state index contributed by atoms with van der Waals surface area (Å²) < 4.78 is 0. The fourth-order valence-corrected chi connectivity index (χ4v) is 5.25. The number of carbonyl (C=O) groups excluding carboxylic acids is 1. The zero-order valence-electron chi connectivity index (χ0n) is 15.6. The molecule has 2 aromatic carbocycles. The van der Waals surface area contributed by atoms with Gasteiger partial charge in [-0.2, -0.15) is 0 Å². The number of fused-ring (bicyclic) bond motifs is 1. The Morgan fingerprint density at radius 2 is 1.70 bits per heavy atom. The summed E-state index contributed by atoms with van der Waals surface area (Å²) in [5, 5.41) is 1.30. The molecule has 0 amide bonds. The van der Waals surface area contributed by atoms with E-state index in [4.69, 9.17) is 0 Å². The molecule has 2 aliphatic carbocycles. The summed E-state index contributed by atoms with van der Waals surface area (Å²) in [7, 11) is 0. The Balaban J connectivity index is 1.26. The van der Waals surface area contributed by atoms with Crippen molar-refractivity contribution in [1.29, 1.82) is 0 Å². The molecule has 27 heavy (non-hydrogen) atoms. The van der Waals surface area contributed by atoms with Gasteiger partial charge in [0, 0.05) is 23.9 Å². The van der Waals surface area contributed by atoms with Gasteiger partial charge in [-0.3, -0.25) is 9.78 Å². The highest BCUT2D eigenvalue weighted by atomic mass is 16.1. The van der Waals surface area contributed by atoms with Crippen molar-refractivity contribution in [3.8, 4) is 0 Å². The second kappa shape index (κ2) is 6.60. The van der Waals surface area contributed by atoms with Gasteiger partial charge >= 0.3 is 0 Å². The number of hydrogen-bond acceptors (Lipinski definition) is 2. The van der Waals surface area contributed by atoms with Gasteiger partial charge in [-0.15, -0.1) is 0 Å². The summed E-state index contributed by atoms with van der Waals surface area (Å²) in [6.45, 7) is 0. The van der Waals surface area contributed by atoms with Crippen LogP contribution in [0.15, 0.2) is 66.9 Å². The fourth-order valence-electron chi connectivity index (χ4n) is 5.25. The van der Waals surface area contributed by atoms with E-state index in [1.165, 1.54) is 36.6 Å². The molecule has 3 aromatic rings. The molecule has 0 bridgehead atoms. The lowest BCUT2D eigenvalue weighted by molar-refractivity contribution is -0.120. The van der Waals surface area contributed by atoms with E-state index in [-0.39, 0.29) is 0 Å². The van der Waals surface area contributed by atoms with Gasteiger partial charge in [0.15, 0.2) is 0 Å². The second-order valence-corrected chi connectivity index (χ2v) is 8.44. The molecule has 2 heteroatoms. The van der Waals surface area contributed by atoms with Crippen molar-refractivity contribution in [2.75, 3.05) is 0 Å². The zero-order valence-corrected chi connectivity index (χ0v) is 15.6. The highest BCUT2D eigenvalue weighted by Crippen LogP contribution is 2.63. The van der Waals surface area contributed by atoms with E-state index in [9.17, 15) is 4.79 Å². The van der Waals surface area contributed by atoms with Crippen molar-refractivity contribution in [3.63, 3.8) is 0 Å². The van der Waals surface area contributed by atoms with E-state index >= 15 is 0 Å². The minimum atomic E-state index is 0.299. The molecular formula is C25H25NO. The Bertz CT molecular complexity index is 965. The normalized spacial score (nSPS) is 27.0. The van der Waals surface area contributed by atoms with E-state index in [0.29, 0.717) is 29.5 Å². The van der Waals surface area contributed by atoms with Crippen LogP contribution in [0.1, 0.15) is 49.1 Å². The molecule has 2 nitrogen and oxygen atoms in total. The fraction of sp³-hybridized carbons (Fsp3) is 0.360. The molecular weight excluding hydrogens is 330 g/mol. The molecule has 0 N–H and O–H groups in total. The molecule has 1 unspecified atom stereocenters. The van der Waals surface area contributed by atoms with Gasteiger partial charge in [0.1, 0.15) is 5.78 Å². The van der Waals surface area contributed by atoms with Crippen molar-refractivity contribution < 1.29 is 4.79 Å². The molecule has 1 spiro atoms. The molecule has 5 rings (SSSR count). The van der Waals surface area contributed by atoms with E-state index < -0.39 is 0 Å². The highest BCUT2D eigenvalue weighted by molar-refractivity contribution is 5.87. The Morgan fingerprint density at radius 1 is 0.963 bits per heavy atom. The summed E-state index contributed by atoms with van der Waals surface area (Å²) >= 11 is 0. The Kier molecular flexibility index (Phi) is 4.07. The molecule has 1 heterocycles. The molecule has 1 aromatic heterocycles. The van der Waals surface area contributed by atoms with Crippen LogP contribution in [0, 0.1) is 11.3 Å². The van der Waals surface area contributed by atoms with Crippen molar-refractivity contribution in [2.45, 2.75) is 44.4 Å². The molecule has 0 saturated heterocycles. The standard InChI is InChI=1S/C25H25NO/c27-24(16-18-6-2-1-3-7-18)22-17-25(22)13-10-19(11-14-25)20-12-15-26-23-9-5-4-8-21(20)23/h1-9,12,15,19,22H,10-11,13-14,16-17H2. The van der Waals surface area contributed by atoms with Gasteiger partial charge in [0.2, 0.25) is 0 Å². The first-order valence-electron chi connectivity index (χ1n) is 10.2. The number of nitrogens with zero attached hydrogens (tertiary/aromatic N) is 1. The molecule has 2 saturated carbocycles. The van der Waals surface area contributed by atoms with Crippen LogP contribution in [0.25, 0.3) is 10.9 Å². The van der Waals surface area contributed by atoms with E-state index in [2.05, 4.69) is 47.4 Å². The minimum absolute atomic E-state index is 0.299. The van der Waals surface area contributed by atoms with Gasteiger partial charge in [-0.1, -0.05) is 48.5 Å². The predicted octanol–water partition coefficient (Wildman–Crippen LogP) is 5.71. The third kappa shape index (κ3) is 3.07. The lowest BCUT2D eigenvalue weighted by Gasteiger charge is -2.30. The van der Waals surface area contributed by atoms with Crippen LogP contribution in [-0.2, 0) is 11.2 Å². The summed E-state index contributed by atoms with van der Waals surface area (Å²) in [6, 6.07) is 20.9. The van der Waals surface area contributed by atoms with Gasteiger partial charge in [0.25, 0.3) is 0 Å². The van der Waals surface area contributed by atoms with Crippen molar-refractivity contribution in [3.05, 3.63) is 78.0 Å². The number of pyridine rings is 1. The number of Topliss-reactive ketones (excluding diaryl/α,β-unsaturated/α-hetero) is 1. The second-order valence-electron chi connectivity index (χ2n) is 8.44. The third-order valence-corrected chi connectivity index (χ3v) is 6.90. The first kappa shape index (κ1) is 16.7. The number of benzene rings is 2. The van der Waals surface area contributed by atoms with Crippen LogP contribution in [0.5, 0.6) is 0 Å². The summed E-state index contributed by atoms with van der Waals surface area (Å²) in [5.41, 5.74) is 4.01. The smallest absolute Gasteiger partial charge is 0.140 e. The number of para-hydroxylation sites is 1. The molecule has 136 valence electrons. The molecule has 1 atom stereocenters. The van der Waals surface area contributed by atoms with Gasteiger partial charge in [-0.05, 0) is 66.7 Å². The summed E-state index contributed by atoms with van der Waals surface area (Å²) in [4.78, 5) is 17.3. The topological polar surface area (TPSA) is 30.0 Å². The molecule has 2 fully saturated rings. The molecule has 0 aliphatic heterocycles. The lowest BCUT2D eigenvalue weighted by atomic mass is 9.74. The zero-order chi connectivity index (χ0) is 18.3. The predicted molar refractivity (Wildman–Crippen MR) is 109 cm³/mol. The average Bonchev–Trinajstić information content (AvgIpc) is 3.42. The SMILES string of the molecule is O=C(Cc1ccccc1)C1CC12CCC(c1ccnc3ccccc13)CC2. The van der Waals surface area contributed by atoms with Gasteiger partial charge in [-0.25, -0.2) is 0 Å². The van der Waals surface area contributed by atoms with Crippen molar-refractivity contribution in [1.82, 2.24) is 4.98 Å². The Hall–Kier alpha value is -2.48. The maximum atomic E-state index is 12.8. The Labute approximate surface area is 160 Å². The van der Waals surface area contributed by atoms with E-state index in [0.717, 1.165) is 17.5 Å². The van der Waals surface area contributed by atoms with Crippen LogP contribution < -0.4 is 0 Å². The summed E-state index contributed by atoms with van der Waals surface area (Å²) in [6.07, 6.45) is 8.45. The first-order chi connectivity index (χ1) is 13.3. The van der Waals surface area contributed by atoms with Crippen LogP contribution in [0.4, 0.5) is 0 Å². The van der Waals surface area contributed by atoms with Crippen LogP contribution >= 0.6 is 0 Å². The number of ketones is 1. The highest BCUT2D eigenvalue weighted by Gasteiger charge is 2.57. The maximum Gasteiger partial charge on any atom is 0.140 e. The number of aromatic nitrogens is 1. The molecule has 0 radical (unpaired) electrons. The Morgan fingerprint density at radius 3 is 2.52 bits per heavy atom. The van der Waals surface area contributed by atoms with Gasteiger partial charge in [0.05, 0.1) is 5.52 Å². The largest absolute Gasteiger partial charge is 0.299 e. The van der Waals surface area contributed by atoms with E-state index in [1.54, 1.807) is 0 Å². The third-order valence-electron chi connectivity index (χ3n) is 6.90. The van der Waals surface area contributed by atoms with Crippen molar-refractivity contribution >= 4 is 16.7 Å². The number of rotatable bonds is 4. The number of hydrogen-bond donors (Lipinski definition) is 0. The van der Waals surface area contributed by atoms with Gasteiger partial charge < -0.3 is 0 Å². The number of carbonyl (C=O) groups is 1. The average molecular weight is 355 g/mol. The van der Waals surface area contributed by atoms with Crippen LogP contribution in [0.2, 0.25) is 0 Å². The monoisotopic (exact) mass is 355 g/mol. The van der Waals surface area contributed by atoms with Crippen LogP contribution in [-0.4, -0.2) is 10.8 Å². The minimum Gasteiger partial charge on any atom is -0.299 e.